The normalized spacial score (nSPS) is 26.1. The van der Waals surface area contributed by atoms with Gasteiger partial charge in [0, 0.05) is 18.0 Å². The van der Waals surface area contributed by atoms with Crippen LogP contribution < -0.4 is 5.32 Å². The standard InChI is InChI=1S/C13H17F3N2OS/c14-13(15,16)10-8-20-11(18-10)17-9-3-6-19-12(7-9)4-1-2-5-12/h8-9H,1-7H2,(H,17,18). The average molecular weight is 306 g/mol. The van der Waals surface area contributed by atoms with Crippen LogP contribution in [0.25, 0.3) is 0 Å². The predicted octanol–water partition coefficient (Wildman–Crippen LogP) is 4.07. The molecule has 1 atom stereocenters. The number of ether oxygens (including phenoxy) is 1. The van der Waals surface area contributed by atoms with Crippen LogP contribution in [0.4, 0.5) is 18.3 Å². The van der Waals surface area contributed by atoms with Crippen LogP contribution in [-0.4, -0.2) is 23.2 Å². The number of nitrogens with zero attached hydrogens (tertiary/aromatic N) is 1. The van der Waals surface area contributed by atoms with Gasteiger partial charge in [-0.05, 0) is 25.7 Å². The van der Waals surface area contributed by atoms with Gasteiger partial charge in [0.05, 0.1) is 5.60 Å². The maximum atomic E-state index is 12.5. The zero-order chi connectivity index (χ0) is 14.2. The lowest BCUT2D eigenvalue weighted by Crippen LogP contribution is -2.42. The highest BCUT2D eigenvalue weighted by molar-refractivity contribution is 7.13. The van der Waals surface area contributed by atoms with Crippen molar-refractivity contribution in [2.45, 2.75) is 56.3 Å². The van der Waals surface area contributed by atoms with Crippen molar-refractivity contribution in [3.8, 4) is 0 Å². The van der Waals surface area contributed by atoms with Gasteiger partial charge in [-0.1, -0.05) is 12.8 Å². The highest BCUT2D eigenvalue weighted by atomic mass is 32.1. The molecule has 0 bridgehead atoms. The lowest BCUT2D eigenvalue weighted by Gasteiger charge is -2.38. The topological polar surface area (TPSA) is 34.1 Å². The molecular formula is C13H17F3N2OS. The van der Waals surface area contributed by atoms with Crippen molar-refractivity contribution in [3.63, 3.8) is 0 Å². The first-order valence-corrected chi connectivity index (χ1v) is 7.78. The van der Waals surface area contributed by atoms with Gasteiger partial charge in [0.1, 0.15) is 0 Å². The van der Waals surface area contributed by atoms with E-state index in [4.69, 9.17) is 4.74 Å². The highest BCUT2D eigenvalue weighted by Gasteiger charge is 2.40. The number of anilines is 1. The Morgan fingerprint density at radius 2 is 2.10 bits per heavy atom. The third-order valence-electron chi connectivity index (χ3n) is 4.13. The SMILES string of the molecule is FC(F)(F)c1csc(NC2CCOC3(CCCC3)C2)n1. The number of rotatable bonds is 2. The van der Waals surface area contributed by atoms with Crippen LogP contribution in [0.15, 0.2) is 5.38 Å². The van der Waals surface area contributed by atoms with E-state index in [2.05, 4.69) is 10.3 Å². The van der Waals surface area contributed by atoms with Crippen LogP contribution in [0.1, 0.15) is 44.2 Å². The summed E-state index contributed by atoms with van der Waals surface area (Å²) in [5.41, 5.74) is -0.854. The van der Waals surface area contributed by atoms with Gasteiger partial charge < -0.3 is 10.1 Å². The van der Waals surface area contributed by atoms with Crippen LogP contribution in [0.5, 0.6) is 0 Å². The summed E-state index contributed by atoms with van der Waals surface area (Å²) >= 11 is 1.02. The zero-order valence-electron chi connectivity index (χ0n) is 11.0. The van der Waals surface area contributed by atoms with Crippen molar-refractivity contribution in [3.05, 3.63) is 11.1 Å². The molecule has 1 saturated carbocycles. The Kier molecular flexibility index (Phi) is 3.66. The van der Waals surface area contributed by atoms with Crippen LogP contribution >= 0.6 is 11.3 Å². The summed E-state index contributed by atoms with van der Waals surface area (Å²) in [6, 6.07) is 0.161. The molecule has 1 aliphatic heterocycles. The minimum atomic E-state index is -4.36. The van der Waals surface area contributed by atoms with E-state index in [0.717, 1.165) is 42.4 Å². The molecule has 1 unspecified atom stereocenters. The van der Waals surface area contributed by atoms with Crippen molar-refractivity contribution >= 4 is 16.5 Å². The van der Waals surface area contributed by atoms with Crippen molar-refractivity contribution in [1.29, 1.82) is 0 Å². The minimum absolute atomic E-state index is 0.0416. The third kappa shape index (κ3) is 2.93. The Hall–Kier alpha value is -0.820. The Labute approximate surface area is 119 Å². The van der Waals surface area contributed by atoms with E-state index in [0.29, 0.717) is 11.7 Å². The molecule has 112 valence electrons. The monoisotopic (exact) mass is 306 g/mol. The van der Waals surface area contributed by atoms with E-state index in [1.54, 1.807) is 0 Å². The second-order valence-corrected chi connectivity index (χ2v) is 6.47. The molecule has 1 aromatic heterocycles. The summed E-state index contributed by atoms with van der Waals surface area (Å²) in [6.07, 6.45) is 1.83. The number of thiazole rings is 1. The summed E-state index contributed by atoms with van der Waals surface area (Å²) in [7, 11) is 0. The number of hydrogen-bond donors (Lipinski definition) is 1. The molecule has 1 saturated heterocycles. The largest absolute Gasteiger partial charge is 0.434 e. The van der Waals surface area contributed by atoms with Crippen molar-refractivity contribution in [2.24, 2.45) is 0 Å². The van der Waals surface area contributed by atoms with E-state index in [-0.39, 0.29) is 11.6 Å². The van der Waals surface area contributed by atoms with Gasteiger partial charge in [-0.3, -0.25) is 0 Å². The second-order valence-electron chi connectivity index (χ2n) is 5.61. The van der Waals surface area contributed by atoms with Crippen LogP contribution in [0.2, 0.25) is 0 Å². The summed E-state index contributed by atoms with van der Waals surface area (Å²) in [5.74, 6) is 0. The highest BCUT2D eigenvalue weighted by Crippen LogP contribution is 2.41. The van der Waals surface area contributed by atoms with Crippen molar-refractivity contribution in [1.82, 2.24) is 4.98 Å². The van der Waals surface area contributed by atoms with Gasteiger partial charge in [0.2, 0.25) is 0 Å². The quantitative estimate of drug-likeness (QED) is 0.894. The fraction of sp³-hybridized carbons (Fsp3) is 0.769. The molecule has 3 rings (SSSR count). The number of alkyl halides is 3. The molecule has 2 heterocycles. The summed E-state index contributed by atoms with van der Waals surface area (Å²) in [6.45, 7) is 0.676. The summed E-state index contributed by atoms with van der Waals surface area (Å²) in [5, 5.41) is 4.57. The van der Waals surface area contributed by atoms with Gasteiger partial charge in [-0.25, -0.2) is 4.98 Å². The Morgan fingerprint density at radius 1 is 1.35 bits per heavy atom. The fourth-order valence-electron chi connectivity index (χ4n) is 3.16. The first-order chi connectivity index (χ1) is 9.47. The van der Waals surface area contributed by atoms with Crippen LogP contribution in [0, 0.1) is 0 Å². The maximum Gasteiger partial charge on any atom is 0.434 e. The third-order valence-corrected chi connectivity index (χ3v) is 4.90. The molecule has 2 aliphatic rings. The molecule has 7 heteroatoms. The van der Waals surface area contributed by atoms with Gasteiger partial charge in [-0.2, -0.15) is 13.2 Å². The fourth-order valence-corrected chi connectivity index (χ4v) is 3.96. The second kappa shape index (κ2) is 5.18. The molecule has 1 N–H and O–H groups in total. The molecule has 0 radical (unpaired) electrons. The predicted molar refractivity (Wildman–Crippen MR) is 70.9 cm³/mol. The molecule has 2 fully saturated rings. The van der Waals surface area contributed by atoms with Gasteiger partial charge in [-0.15, -0.1) is 11.3 Å². The molecule has 0 amide bonds. The Bertz CT molecular complexity index is 468. The number of halogens is 3. The zero-order valence-corrected chi connectivity index (χ0v) is 11.8. The molecule has 0 aromatic carbocycles. The lowest BCUT2D eigenvalue weighted by atomic mass is 9.89. The van der Waals surface area contributed by atoms with E-state index in [1.165, 1.54) is 12.8 Å². The summed E-state index contributed by atoms with van der Waals surface area (Å²) < 4.78 is 43.5. The smallest absolute Gasteiger partial charge is 0.375 e. The van der Waals surface area contributed by atoms with E-state index < -0.39 is 11.9 Å². The number of hydrogen-bond acceptors (Lipinski definition) is 4. The molecule has 1 aliphatic carbocycles. The van der Waals surface area contributed by atoms with E-state index in [1.807, 2.05) is 0 Å². The maximum absolute atomic E-state index is 12.5. The average Bonchev–Trinajstić information content (AvgIpc) is 2.99. The lowest BCUT2D eigenvalue weighted by molar-refractivity contribution is -0.140. The molecular weight excluding hydrogens is 289 g/mol. The molecule has 3 nitrogen and oxygen atoms in total. The van der Waals surface area contributed by atoms with Gasteiger partial charge in [0.25, 0.3) is 0 Å². The first-order valence-electron chi connectivity index (χ1n) is 6.90. The van der Waals surface area contributed by atoms with Crippen molar-refractivity contribution < 1.29 is 17.9 Å². The van der Waals surface area contributed by atoms with Crippen LogP contribution in [-0.2, 0) is 10.9 Å². The number of aromatic nitrogens is 1. The molecule has 1 aromatic rings. The first kappa shape index (κ1) is 14.1. The van der Waals surface area contributed by atoms with Gasteiger partial charge >= 0.3 is 6.18 Å². The number of nitrogens with one attached hydrogen (secondary N) is 1. The Balaban J connectivity index is 1.64. The van der Waals surface area contributed by atoms with Crippen molar-refractivity contribution in [2.75, 3.05) is 11.9 Å². The van der Waals surface area contributed by atoms with Crippen LogP contribution in [0.3, 0.4) is 0 Å². The van der Waals surface area contributed by atoms with E-state index in [9.17, 15) is 13.2 Å². The minimum Gasteiger partial charge on any atom is -0.375 e. The summed E-state index contributed by atoms with van der Waals surface area (Å²) in [4.78, 5) is 3.63. The Morgan fingerprint density at radius 3 is 2.75 bits per heavy atom. The van der Waals surface area contributed by atoms with Gasteiger partial charge in [0.15, 0.2) is 10.8 Å². The molecule has 1 spiro atoms. The molecule has 20 heavy (non-hydrogen) atoms. The van der Waals surface area contributed by atoms with E-state index >= 15 is 0 Å².